The van der Waals surface area contributed by atoms with Gasteiger partial charge in [-0.1, -0.05) is 91.0 Å². The van der Waals surface area contributed by atoms with Gasteiger partial charge in [0, 0.05) is 11.3 Å². The normalized spacial score (nSPS) is 11.1. The maximum absolute atomic E-state index is 12.9. The Morgan fingerprint density at radius 1 is 0.829 bits per heavy atom. The number of carbonyl (C=O) groups is 1. The van der Waals surface area contributed by atoms with Gasteiger partial charge in [0.25, 0.3) is 0 Å². The largest absolute Gasteiger partial charge is 0.399 e. The standard InChI is InChI=1S/C30H24N4O/c31-26-15-13-24(14-16-26)28-20-32-30(27(33-28)17-11-21-6-2-1-3-7-21)34-29(35)19-22-10-12-23-8-4-5-9-25(23)18-22/h1-18,20H,19,31H2,(H,32,34,35). The molecule has 3 N–H and O–H groups in total. The first-order valence-corrected chi connectivity index (χ1v) is 11.4. The minimum Gasteiger partial charge on any atom is -0.399 e. The molecule has 0 aliphatic heterocycles. The highest BCUT2D eigenvalue weighted by molar-refractivity contribution is 5.94. The molecule has 0 saturated heterocycles. The number of nitrogens with two attached hydrogens (primary N) is 1. The van der Waals surface area contributed by atoms with E-state index in [0.29, 0.717) is 22.9 Å². The number of nitrogens with one attached hydrogen (secondary N) is 1. The number of nitrogens with zero attached hydrogens (tertiary/aromatic N) is 2. The molecule has 5 nitrogen and oxygen atoms in total. The van der Waals surface area contributed by atoms with Crippen LogP contribution in [0.3, 0.4) is 0 Å². The van der Waals surface area contributed by atoms with Gasteiger partial charge < -0.3 is 11.1 Å². The second-order valence-electron chi connectivity index (χ2n) is 8.26. The zero-order valence-corrected chi connectivity index (χ0v) is 19.1. The third-order valence-electron chi connectivity index (χ3n) is 5.68. The highest BCUT2D eigenvalue weighted by Crippen LogP contribution is 2.23. The molecule has 5 rings (SSSR count). The molecule has 0 aliphatic carbocycles. The van der Waals surface area contributed by atoms with Gasteiger partial charge in [0.1, 0.15) is 5.69 Å². The van der Waals surface area contributed by atoms with Gasteiger partial charge in [-0.25, -0.2) is 9.97 Å². The number of rotatable bonds is 6. The highest BCUT2D eigenvalue weighted by atomic mass is 16.1. The van der Waals surface area contributed by atoms with Crippen LogP contribution in [0.4, 0.5) is 11.5 Å². The molecule has 5 heteroatoms. The second-order valence-corrected chi connectivity index (χ2v) is 8.26. The van der Waals surface area contributed by atoms with Crippen LogP contribution in [-0.2, 0) is 11.2 Å². The van der Waals surface area contributed by atoms with E-state index in [1.807, 2.05) is 103 Å². The molecular formula is C30H24N4O. The summed E-state index contributed by atoms with van der Waals surface area (Å²) in [5.74, 6) is 0.270. The molecule has 0 unspecified atom stereocenters. The summed E-state index contributed by atoms with van der Waals surface area (Å²) in [6.45, 7) is 0. The Hall–Kier alpha value is -4.77. The van der Waals surface area contributed by atoms with Crippen molar-refractivity contribution in [1.82, 2.24) is 9.97 Å². The first-order valence-electron chi connectivity index (χ1n) is 11.4. The van der Waals surface area contributed by atoms with E-state index in [1.54, 1.807) is 6.20 Å². The Balaban J connectivity index is 1.42. The van der Waals surface area contributed by atoms with Crippen molar-refractivity contribution in [2.45, 2.75) is 6.42 Å². The minimum absolute atomic E-state index is 0.149. The second kappa shape index (κ2) is 10.0. The van der Waals surface area contributed by atoms with Crippen molar-refractivity contribution in [2.75, 3.05) is 11.1 Å². The first-order chi connectivity index (χ1) is 17.1. The molecule has 0 radical (unpaired) electrons. The number of hydrogen-bond donors (Lipinski definition) is 2. The van der Waals surface area contributed by atoms with Crippen LogP contribution in [0.15, 0.2) is 103 Å². The summed E-state index contributed by atoms with van der Waals surface area (Å²) in [4.78, 5) is 22.2. The predicted molar refractivity (Wildman–Crippen MR) is 144 cm³/mol. The Bertz CT molecular complexity index is 1510. The van der Waals surface area contributed by atoms with E-state index in [9.17, 15) is 4.79 Å². The van der Waals surface area contributed by atoms with Crippen molar-refractivity contribution in [3.8, 4) is 11.3 Å². The van der Waals surface area contributed by atoms with Crippen molar-refractivity contribution in [3.63, 3.8) is 0 Å². The van der Waals surface area contributed by atoms with Gasteiger partial charge in [0.2, 0.25) is 5.91 Å². The molecule has 5 aromatic rings. The maximum atomic E-state index is 12.9. The van der Waals surface area contributed by atoms with Crippen molar-refractivity contribution >= 4 is 40.3 Å². The zero-order valence-electron chi connectivity index (χ0n) is 19.1. The molecule has 0 bridgehead atoms. The van der Waals surface area contributed by atoms with E-state index < -0.39 is 0 Å². The molecule has 4 aromatic carbocycles. The molecule has 35 heavy (non-hydrogen) atoms. The fraction of sp³-hybridized carbons (Fsp3) is 0.0333. The summed E-state index contributed by atoms with van der Waals surface area (Å²) in [5.41, 5.74) is 10.7. The fourth-order valence-corrected chi connectivity index (χ4v) is 3.86. The molecule has 1 heterocycles. The van der Waals surface area contributed by atoms with Crippen LogP contribution in [0.1, 0.15) is 16.8 Å². The van der Waals surface area contributed by atoms with Crippen LogP contribution in [0.2, 0.25) is 0 Å². The lowest BCUT2D eigenvalue weighted by Gasteiger charge is -2.10. The predicted octanol–water partition coefficient (Wildman–Crippen LogP) is 6.23. The maximum Gasteiger partial charge on any atom is 0.230 e. The topological polar surface area (TPSA) is 80.9 Å². The Kier molecular flexibility index (Phi) is 6.31. The van der Waals surface area contributed by atoms with Crippen molar-refractivity contribution in [1.29, 1.82) is 0 Å². The number of hydrogen-bond acceptors (Lipinski definition) is 4. The van der Waals surface area contributed by atoms with Crippen LogP contribution in [0, 0.1) is 0 Å². The van der Waals surface area contributed by atoms with Crippen LogP contribution >= 0.6 is 0 Å². The van der Waals surface area contributed by atoms with E-state index in [4.69, 9.17) is 10.7 Å². The monoisotopic (exact) mass is 456 g/mol. The van der Waals surface area contributed by atoms with Gasteiger partial charge >= 0.3 is 0 Å². The average molecular weight is 457 g/mol. The van der Waals surface area contributed by atoms with Gasteiger partial charge in [-0.3, -0.25) is 4.79 Å². The molecule has 170 valence electrons. The van der Waals surface area contributed by atoms with Gasteiger partial charge in [-0.2, -0.15) is 0 Å². The third kappa shape index (κ3) is 5.42. The minimum atomic E-state index is -0.149. The van der Waals surface area contributed by atoms with Crippen LogP contribution in [0.5, 0.6) is 0 Å². The number of nitrogen functional groups attached to an aromatic ring is 1. The van der Waals surface area contributed by atoms with Crippen molar-refractivity contribution in [2.24, 2.45) is 0 Å². The molecule has 1 aromatic heterocycles. The van der Waals surface area contributed by atoms with Crippen molar-refractivity contribution in [3.05, 3.63) is 120 Å². The number of fused-ring (bicyclic) bond motifs is 1. The van der Waals surface area contributed by atoms with Crippen LogP contribution in [0.25, 0.3) is 34.2 Å². The molecule has 0 atom stereocenters. The smallest absolute Gasteiger partial charge is 0.230 e. The molecule has 0 fully saturated rings. The van der Waals surface area contributed by atoms with Crippen molar-refractivity contribution < 1.29 is 4.79 Å². The van der Waals surface area contributed by atoms with Gasteiger partial charge in [-0.15, -0.1) is 0 Å². The SMILES string of the molecule is Nc1ccc(-c2cnc(NC(=O)Cc3ccc4ccccc4c3)c(C=Cc3ccccc3)n2)cc1. The zero-order chi connectivity index (χ0) is 24.0. The summed E-state index contributed by atoms with van der Waals surface area (Å²) >= 11 is 0. The Labute approximate surface area is 204 Å². The lowest BCUT2D eigenvalue weighted by Crippen LogP contribution is -2.16. The summed E-state index contributed by atoms with van der Waals surface area (Å²) in [7, 11) is 0. The van der Waals surface area contributed by atoms with E-state index in [2.05, 4.69) is 16.4 Å². The van der Waals surface area contributed by atoms with E-state index >= 15 is 0 Å². The Morgan fingerprint density at radius 2 is 1.57 bits per heavy atom. The summed E-state index contributed by atoms with van der Waals surface area (Å²) in [5, 5.41) is 5.20. The van der Waals surface area contributed by atoms with Crippen LogP contribution < -0.4 is 11.1 Å². The molecule has 0 aliphatic rings. The van der Waals surface area contributed by atoms with E-state index in [0.717, 1.165) is 27.5 Å². The lowest BCUT2D eigenvalue weighted by atomic mass is 10.0. The van der Waals surface area contributed by atoms with Gasteiger partial charge in [0.15, 0.2) is 5.82 Å². The van der Waals surface area contributed by atoms with Gasteiger partial charge in [0.05, 0.1) is 18.3 Å². The van der Waals surface area contributed by atoms with Gasteiger partial charge in [-0.05, 0) is 40.1 Å². The number of aromatic nitrogens is 2. The molecule has 0 saturated carbocycles. The number of benzene rings is 4. The number of carbonyl (C=O) groups excluding carboxylic acids is 1. The molecular weight excluding hydrogens is 432 g/mol. The first kappa shape index (κ1) is 22.0. The quantitative estimate of drug-likeness (QED) is 0.297. The summed E-state index contributed by atoms with van der Waals surface area (Å²) in [6.07, 6.45) is 5.73. The number of amides is 1. The summed E-state index contributed by atoms with van der Waals surface area (Å²) < 4.78 is 0. The van der Waals surface area contributed by atoms with E-state index in [1.165, 1.54) is 0 Å². The lowest BCUT2D eigenvalue weighted by molar-refractivity contribution is -0.115. The van der Waals surface area contributed by atoms with E-state index in [-0.39, 0.29) is 12.3 Å². The van der Waals surface area contributed by atoms with Crippen LogP contribution in [-0.4, -0.2) is 15.9 Å². The summed E-state index contributed by atoms with van der Waals surface area (Å²) in [6, 6.07) is 31.6. The molecule has 1 amide bonds. The number of anilines is 2. The average Bonchev–Trinajstić information content (AvgIpc) is 2.89. The third-order valence-corrected chi connectivity index (χ3v) is 5.68. The highest BCUT2D eigenvalue weighted by Gasteiger charge is 2.12. The Morgan fingerprint density at radius 3 is 2.37 bits per heavy atom. The fourth-order valence-electron chi connectivity index (χ4n) is 3.86. The molecule has 0 spiro atoms.